The summed E-state index contributed by atoms with van der Waals surface area (Å²) >= 11 is 0. The Morgan fingerprint density at radius 3 is 1.72 bits per heavy atom. The lowest BCUT2D eigenvalue weighted by Gasteiger charge is -2.40. The molecule has 1 aliphatic rings. The zero-order valence-electron chi connectivity index (χ0n) is 31.9. The Bertz CT molecular complexity index is 837. The summed E-state index contributed by atoms with van der Waals surface area (Å²) in [5, 5.41) is 54.1. The van der Waals surface area contributed by atoms with Crippen LogP contribution in [0, 0.1) is 0 Å². The summed E-state index contributed by atoms with van der Waals surface area (Å²) in [7, 11) is 0. The van der Waals surface area contributed by atoms with Gasteiger partial charge in [0.05, 0.1) is 25.4 Å². The highest BCUT2D eigenvalue weighted by Crippen LogP contribution is 2.23. The molecule has 0 spiro atoms. The van der Waals surface area contributed by atoms with Crippen molar-refractivity contribution in [3.8, 4) is 0 Å². The van der Waals surface area contributed by atoms with Gasteiger partial charge >= 0.3 is 0 Å². The number of rotatable bonds is 33. The molecule has 1 fully saturated rings. The number of hydrogen-bond acceptors (Lipinski definition) is 8. The van der Waals surface area contributed by atoms with Crippen molar-refractivity contribution < 1.29 is 39.8 Å². The van der Waals surface area contributed by atoms with Crippen molar-refractivity contribution >= 4 is 5.91 Å². The number of carbonyl (C=O) groups excluding carboxylic acids is 1. The van der Waals surface area contributed by atoms with Crippen LogP contribution in [-0.2, 0) is 14.3 Å². The molecule has 9 nitrogen and oxygen atoms in total. The number of ether oxygens (including phenoxy) is 2. The molecule has 0 aromatic heterocycles. The number of nitrogens with one attached hydrogen (secondary N) is 1. The molecule has 0 aromatic carbocycles. The van der Waals surface area contributed by atoms with Crippen LogP contribution in [0.2, 0.25) is 0 Å². The predicted octanol–water partition coefficient (Wildman–Crippen LogP) is 7.55. The number of unbranched alkanes of at least 4 members (excludes halogenated alkanes) is 19. The number of amides is 1. The molecule has 1 amide bonds. The van der Waals surface area contributed by atoms with Crippen LogP contribution >= 0.6 is 0 Å². The Hall–Kier alpha value is -1.33. The largest absolute Gasteiger partial charge is 0.394 e. The van der Waals surface area contributed by atoms with Gasteiger partial charge < -0.3 is 40.3 Å². The van der Waals surface area contributed by atoms with Crippen molar-refractivity contribution in [3.63, 3.8) is 0 Å². The van der Waals surface area contributed by atoms with Gasteiger partial charge in [-0.25, -0.2) is 0 Å². The minimum absolute atomic E-state index is 0.159. The number of allylic oxidation sites excluding steroid dienone is 4. The number of aliphatic hydroxyl groups is 5. The first-order chi connectivity index (χ1) is 24.3. The Kier molecular flexibility index (Phi) is 30.2. The van der Waals surface area contributed by atoms with Crippen LogP contribution in [0.3, 0.4) is 0 Å². The van der Waals surface area contributed by atoms with E-state index in [-0.39, 0.29) is 18.9 Å². The van der Waals surface area contributed by atoms with Crippen LogP contribution in [0.1, 0.15) is 174 Å². The summed E-state index contributed by atoms with van der Waals surface area (Å²) in [5.74, 6) is -0.212. The van der Waals surface area contributed by atoms with Crippen LogP contribution in [-0.4, -0.2) is 87.5 Å². The van der Waals surface area contributed by atoms with Gasteiger partial charge in [0, 0.05) is 6.42 Å². The summed E-state index contributed by atoms with van der Waals surface area (Å²) in [6.07, 6.45) is 29.1. The highest BCUT2D eigenvalue weighted by molar-refractivity contribution is 5.76. The van der Waals surface area contributed by atoms with E-state index in [2.05, 4.69) is 37.4 Å². The molecule has 0 aliphatic carbocycles. The van der Waals surface area contributed by atoms with Crippen molar-refractivity contribution in [2.24, 2.45) is 0 Å². The van der Waals surface area contributed by atoms with Gasteiger partial charge in [-0.1, -0.05) is 160 Å². The van der Waals surface area contributed by atoms with E-state index in [9.17, 15) is 30.3 Å². The predicted molar refractivity (Wildman–Crippen MR) is 203 cm³/mol. The number of carbonyl (C=O) groups is 1. The molecule has 9 heteroatoms. The minimum Gasteiger partial charge on any atom is -0.394 e. The fraction of sp³-hybridized carbons (Fsp3) is 0.878. The van der Waals surface area contributed by atoms with E-state index in [4.69, 9.17) is 9.47 Å². The maximum Gasteiger partial charge on any atom is 0.220 e. The molecular formula is C41H77NO8. The Balaban J connectivity index is 2.44. The fourth-order valence-electron chi connectivity index (χ4n) is 6.44. The van der Waals surface area contributed by atoms with Crippen molar-refractivity contribution in [3.05, 3.63) is 24.3 Å². The molecule has 50 heavy (non-hydrogen) atoms. The van der Waals surface area contributed by atoms with E-state index in [1.807, 2.05) is 6.08 Å². The van der Waals surface area contributed by atoms with Gasteiger partial charge in [0.25, 0.3) is 0 Å². The normalized spacial score (nSPS) is 22.4. The van der Waals surface area contributed by atoms with Crippen molar-refractivity contribution in [2.45, 2.75) is 217 Å². The lowest BCUT2D eigenvalue weighted by atomic mass is 9.99. The molecule has 1 aliphatic heterocycles. The molecule has 294 valence electrons. The van der Waals surface area contributed by atoms with Gasteiger partial charge in [-0.3, -0.25) is 4.79 Å². The third-order valence-corrected chi connectivity index (χ3v) is 9.82. The van der Waals surface area contributed by atoms with Gasteiger partial charge in [0.1, 0.15) is 24.4 Å². The van der Waals surface area contributed by atoms with E-state index >= 15 is 0 Å². The van der Waals surface area contributed by atoms with E-state index < -0.39 is 49.5 Å². The van der Waals surface area contributed by atoms with Gasteiger partial charge in [-0.2, -0.15) is 0 Å². The zero-order valence-corrected chi connectivity index (χ0v) is 31.9. The molecule has 1 rings (SSSR count). The highest BCUT2D eigenvalue weighted by Gasteiger charge is 2.44. The van der Waals surface area contributed by atoms with Crippen molar-refractivity contribution in [1.29, 1.82) is 0 Å². The lowest BCUT2D eigenvalue weighted by Crippen LogP contribution is -2.60. The molecule has 0 radical (unpaired) electrons. The Labute approximate surface area is 305 Å². The Morgan fingerprint density at radius 2 is 1.18 bits per heavy atom. The molecule has 0 bridgehead atoms. The third kappa shape index (κ3) is 23.3. The summed E-state index contributed by atoms with van der Waals surface area (Å²) in [5.41, 5.74) is 0. The van der Waals surface area contributed by atoms with Gasteiger partial charge in [-0.15, -0.1) is 0 Å². The van der Waals surface area contributed by atoms with Crippen molar-refractivity contribution in [1.82, 2.24) is 5.32 Å². The van der Waals surface area contributed by atoms with E-state index in [1.165, 1.54) is 109 Å². The monoisotopic (exact) mass is 712 g/mol. The number of aliphatic hydroxyl groups excluding tert-OH is 5. The standard InChI is InChI=1S/C41H77NO8/c1-3-5-7-9-11-13-15-17-19-20-22-24-26-28-30-35(44)34(33-49-41-40(48)39(47)38(46)36(32-43)50-41)42-37(45)31-29-27-25-23-21-18-16-14-12-10-8-6-4-2/h18,21,25,27,34-36,38-41,43-44,46-48H,3-17,19-20,22-24,26,28-33H2,1-2H3,(H,42,45)/b21-18-,27-25-. The van der Waals surface area contributed by atoms with Gasteiger partial charge in [0.15, 0.2) is 6.29 Å². The maximum absolute atomic E-state index is 12.9. The average molecular weight is 712 g/mol. The van der Waals surface area contributed by atoms with Crippen LogP contribution in [0.25, 0.3) is 0 Å². The van der Waals surface area contributed by atoms with Gasteiger partial charge in [-0.05, 0) is 32.1 Å². The fourth-order valence-corrected chi connectivity index (χ4v) is 6.44. The van der Waals surface area contributed by atoms with Crippen LogP contribution in [0.4, 0.5) is 0 Å². The van der Waals surface area contributed by atoms with Crippen LogP contribution in [0.15, 0.2) is 24.3 Å². The maximum atomic E-state index is 12.9. The molecule has 7 unspecified atom stereocenters. The molecular weight excluding hydrogens is 634 g/mol. The minimum atomic E-state index is -1.56. The molecule has 1 saturated heterocycles. The second kappa shape index (κ2) is 32.3. The van der Waals surface area contributed by atoms with E-state index in [1.54, 1.807) is 0 Å². The number of hydrogen-bond donors (Lipinski definition) is 6. The van der Waals surface area contributed by atoms with Crippen LogP contribution < -0.4 is 5.32 Å². The Morgan fingerprint density at radius 1 is 0.680 bits per heavy atom. The smallest absolute Gasteiger partial charge is 0.220 e. The molecule has 6 N–H and O–H groups in total. The average Bonchev–Trinajstić information content (AvgIpc) is 3.11. The topological polar surface area (TPSA) is 149 Å². The third-order valence-electron chi connectivity index (χ3n) is 9.82. The molecule has 0 aromatic rings. The summed E-state index contributed by atoms with van der Waals surface area (Å²) in [6, 6.07) is -0.745. The first-order valence-electron chi connectivity index (χ1n) is 20.5. The summed E-state index contributed by atoms with van der Waals surface area (Å²) < 4.78 is 11.2. The second-order valence-corrected chi connectivity index (χ2v) is 14.4. The summed E-state index contributed by atoms with van der Waals surface area (Å²) in [4.78, 5) is 12.9. The highest BCUT2D eigenvalue weighted by atomic mass is 16.7. The quantitative estimate of drug-likeness (QED) is 0.0302. The molecule has 1 heterocycles. The zero-order chi connectivity index (χ0) is 36.7. The first-order valence-corrected chi connectivity index (χ1v) is 20.5. The summed E-state index contributed by atoms with van der Waals surface area (Å²) in [6.45, 7) is 3.77. The molecule has 7 atom stereocenters. The van der Waals surface area contributed by atoms with Gasteiger partial charge in [0.2, 0.25) is 5.91 Å². The van der Waals surface area contributed by atoms with Crippen molar-refractivity contribution in [2.75, 3.05) is 13.2 Å². The lowest BCUT2D eigenvalue weighted by molar-refractivity contribution is -0.302. The second-order valence-electron chi connectivity index (χ2n) is 14.4. The van der Waals surface area contributed by atoms with E-state index in [0.29, 0.717) is 12.8 Å². The SMILES string of the molecule is CCCCCCCC/C=C\C/C=C\CCC(=O)NC(COC1OC(CO)C(O)C(O)C1O)C(O)CCCCCCCCCCCCCCCC. The van der Waals surface area contributed by atoms with E-state index in [0.717, 1.165) is 32.1 Å². The first kappa shape index (κ1) is 46.7. The van der Waals surface area contributed by atoms with Crippen LogP contribution in [0.5, 0.6) is 0 Å². The molecule has 0 saturated carbocycles.